The average molecular weight is 402 g/mol. The topological polar surface area (TPSA) is 54.9 Å². The van der Waals surface area contributed by atoms with E-state index in [-0.39, 0.29) is 17.2 Å². The highest BCUT2D eigenvalue weighted by Gasteiger charge is 2.20. The molecule has 1 amide bonds. The molecule has 0 atom stereocenters. The van der Waals surface area contributed by atoms with Crippen molar-refractivity contribution in [3.63, 3.8) is 0 Å². The number of pyridine rings is 1. The number of thiazole rings is 1. The van der Waals surface area contributed by atoms with Gasteiger partial charge in [-0.05, 0) is 28.7 Å². The summed E-state index contributed by atoms with van der Waals surface area (Å²) < 4.78 is 0. The minimum absolute atomic E-state index is 0.0698. The molecule has 146 valence electrons. The van der Waals surface area contributed by atoms with Crippen molar-refractivity contribution >= 4 is 22.4 Å². The standard InChI is InChI=1S/C24H23N3OS/c1-24(2,3)19-10-8-16(9-11-19)20-21(17-12-14-25-15-13-17)29-23(26-20)27-22(28)18-6-4-5-7-18/h4-15,18H,1-3H3,(H,26,27,28). The number of benzene rings is 1. The van der Waals surface area contributed by atoms with Gasteiger partial charge in [-0.1, -0.05) is 80.7 Å². The first-order valence-corrected chi connectivity index (χ1v) is 10.4. The van der Waals surface area contributed by atoms with Crippen LogP contribution in [0.15, 0.2) is 73.1 Å². The molecular weight excluding hydrogens is 378 g/mol. The normalized spacial score (nSPS) is 13.8. The van der Waals surface area contributed by atoms with Gasteiger partial charge in [0.25, 0.3) is 0 Å². The summed E-state index contributed by atoms with van der Waals surface area (Å²) in [5.74, 6) is -0.308. The van der Waals surface area contributed by atoms with Crippen LogP contribution in [-0.2, 0) is 10.2 Å². The van der Waals surface area contributed by atoms with Crippen LogP contribution in [0.25, 0.3) is 21.7 Å². The number of aromatic nitrogens is 2. The van der Waals surface area contributed by atoms with Gasteiger partial charge in [-0.3, -0.25) is 9.78 Å². The molecule has 0 fully saturated rings. The molecule has 0 aliphatic heterocycles. The zero-order chi connectivity index (χ0) is 20.4. The Morgan fingerprint density at radius 2 is 1.62 bits per heavy atom. The maximum absolute atomic E-state index is 12.5. The van der Waals surface area contributed by atoms with Gasteiger partial charge in [0.1, 0.15) is 0 Å². The average Bonchev–Trinajstić information content (AvgIpc) is 3.38. The van der Waals surface area contributed by atoms with Crippen molar-refractivity contribution in [1.29, 1.82) is 0 Å². The van der Waals surface area contributed by atoms with Crippen LogP contribution < -0.4 is 5.32 Å². The van der Waals surface area contributed by atoms with Crippen molar-refractivity contribution in [3.8, 4) is 21.7 Å². The monoisotopic (exact) mass is 401 g/mol. The third kappa shape index (κ3) is 4.20. The van der Waals surface area contributed by atoms with Gasteiger partial charge < -0.3 is 5.32 Å². The predicted molar refractivity (Wildman–Crippen MR) is 120 cm³/mol. The molecule has 0 spiro atoms. The maximum Gasteiger partial charge on any atom is 0.236 e. The van der Waals surface area contributed by atoms with E-state index in [0.717, 1.165) is 21.7 Å². The Morgan fingerprint density at radius 1 is 0.966 bits per heavy atom. The fourth-order valence-electron chi connectivity index (χ4n) is 3.19. The van der Waals surface area contributed by atoms with Crippen molar-refractivity contribution in [3.05, 3.63) is 78.7 Å². The molecule has 1 aliphatic carbocycles. The molecule has 3 aromatic rings. The van der Waals surface area contributed by atoms with Crippen LogP contribution in [-0.4, -0.2) is 15.9 Å². The highest BCUT2D eigenvalue weighted by Crippen LogP contribution is 2.39. The van der Waals surface area contributed by atoms with E-state index in [9.17, 15) is 4.79 Å². The lowest BCUT2D eigenvalue weighted by Gasteiger charge is -2.19. The lowest BCUT2D eigenvalue weighted by molar-refractivity contribution is -0.117. The zero-order valence-corrected chi connectivity index (χ0v) is 17.5. The van der Waals surface area contributed by atoms with Crippen LogP contribution in [0.1, 0.15) is 26.3 Å². The van der Waals surface area contributed by atoms with E-state index in [0.29, 0.717) is 5.13 Å². The predicted octanol–water partition coefficient (Wildman–Crippen LogP) is 5.85. The first kappa shape index (κ1) is 19.3. The number of amides is 1. The van der Waals surface area contributed by atoms with Crippen LogP contribution in [0, 0.1) is 5.92 Å². The van der Waals surface area contributed by atoms with Gasteiger partial charge in [0.2, 0.25) is 5.91 Å². The Bertz CT molecular complexity index is 1060. The summed E-state index contributed by atoms with van der Waals surface area (Å²) in [4.78, 5) is 22.4. The Labute approximate surface area is 175 Å². The van der Waals surface area contributed by atoms with E-state index >= 15 is 0 Å². The fourth-order valence-corrected chi connectivity index (χ4v) is 4.19. The summed E-state index contributed by atoms with van der Waals surface area (Å²) in [7, 11) is 0. The second-order valence-corrected chi connectivity index (χ2v) is 9.04. The largest absolute Gasteiger partial charge is 0.301 e. The minimum atomic E-state index is -0.238. The molecule has 2 aromatic heterocycles. The molecule has 1 aromatic carbocycles. The van der Waals surface area contributed by atoms with Gasteiger partial charge in [0, 0.05) is 18.0 Å². The lowest BCUT2D eigenvalue weighted by atomic mass is 9.86. The zero-order valence-electron chi connectivity index (χ0n) is 16.7. The third-order valence-electron chi connectivity index (χ3n) is 4.87. The van der Waals surface area contributed by atoms with Crippen molar-refractivity contribution in [2.24, 2.45) is 5.92 Å². The molecule has 4 rings (SSSR count). The van der Waals surface area contributed by atoms with Gasteiger partial charge in [-0.2, -0.15) is 0 Å². The van der Waals surface area contributed by atoms with E-state index in [4.69, 9.17) is 4.98 Å². The number of nitrogens with zero attached hydrogens (tertiary/aromatic N) is 2. The Hall–Kier alpha value is -3.05. The summed E-state index contributed by atoms with van der Waals surface area (Å²) in [6.45, 7) is 6.60. The third-order valence-corrected chi connectivity index (χ3v) is 5.89. The van der Waals surface area contributed by atoms with E-state index in [1.165, 1.54) is 16.9 Å². The summed E-state index contributed by atoms with van der Waals surface area (Å²) in [6.07, 6.45) is 11.1. The number of carbonyl (C=O) groups is 1. The van der Waals surface area contributed by atoms with Crippen LogP contribution >= 0.6 is 11.3 Å². The number of allylic oxidation sites excluding steroid dienone is 2. The van der Waals surface area contributed by atoms with Gasteiger partial charge >= 0.3 is 0 Å². The molecule has 4 nitrogen and oxygen atoms in total. The first-order chi connectivity index (χ1) is 13.9. The number of nitrogens with one attached hydrogen (secondary N) is 1. The van der Waals surface area contributed by atoms with E-state index < -0.39 is 0 Å². The lowest BCUT2D eigenvalue weighted by Crippen LogP contribution is -2.18. The van der Waals surface area contributed by atoms with Crippen LogP contribution in [0.2, 0.25) is 0 Å². The van der Waals surface area contributed by atoms with Gasteiger partial charge in [0.15, 0.2) is 5.13 Å². The summed E-state index contributed by atoms with van der Waals surface area (Å²) >= 11 is 1.49. The van der Waals surface area contributed by atoms with E-state index in [1.807, 2.05) is 36.4 Å². The van der Waals surface area contributed by atoms with Gasteiger partial charge in [0.05, 0.1) is 16.5 Å². The van der Waals surface area contributed by atoms with Crippen molar-refractivity contribution in [2.45, 2.75) is 26.2 Å². The van der Waals surface area contributed by atoms with Crippen LogP contribution in [0.3, 0.4) is 0 Å². The highest BCUT2D eigenvalue weighted by molar-refractivity contribution is 7.19. The summed E-state index contributed by atoms with van der Waals surface area (Å²) in [5.41, 5.74) is 4.30. The Morgan fingerprint density at radius 3 is 2.24 bits per heavy atom. The highest BCUT2D eigenvalue weighted by atomic mass is 32.1. The Balaban J connectivity index is 1.71. The molecule has 2 heterocycles. The minimum Gasteiger partial charge on any atom is -0.301 e. The number of rotatable bonds is 4. The SMILES string of the molecule is CC(C)(C)c1ccc(-c2nc(NC(=O)C3C=CC=C3)sc2-c2ccncc2)cc1. The molecule has 0 saturated heterocycles. The first-order valence-electron chi connectivity index (χ1n) is 9.60. The fraction of sp³-hybridized carbons (Fsp3) is 0.208. The second kappa shape index (κ2) is 7.76. The van der Waals surface area contributed by atoms with E-state index in [2.05, 4.69) is 55.3 Å². The number of hydrogen-bond donors (Lipinski definition) is 1. The molecule has 0 saturated carbocycles. The second-order valence-electron chi connectivity index (χ2n) is 8.04. The molecule has 0 radical (unpaired) electrons. The summed E-state index contributed by atoms with van der Waals surface area (Å²) in [5, 5.41) is 3.57. The van der Waals surface area contributed by atoms with Crippen molar-refractivity contribution in [2.75, 3.05) is 5.32 Å². The van der Waals surface area contributed by atoms with Crippen LogP contribution in [0.5, 0.6) is 0 Å². The van der Waals surface area contributed by atoms with E-state index in [1.54, 1.807) is 12.4 Å². The Kier molecular flexibility index (Phi) is 5.16. The van der Waals surface area contributed by atoms with Gasteiger partial charge in [-0.25, -0.2) is 4.98 Å². The number of hydrogen-bond acceptors (Lipinski definition) is 4. The summed E-state index contributed by atoms with van der Waals surface area (Å²) in [6, 6.07) is 12.4. The maximum atomic E-state index is 12.5. The molecule has 0 bridgehead atoms. The molecule has 1 N–H and O–H groups in total. The van der Waals surface area contributed by atoms with Crippen molar-refractivity contribution in [1.82, 2.24) is 9.97 Å². The molecule has 1 aliphatic rings. The molecule has 29 heavy (non-hydrogen) atoms. The smallest absolute Gasteiger partial charge is 0.236 e. The molecular formula is C24H23N3OS. The molecule has 5 heteroatoms. The van der Waals surface area contributed by atoms with Crippen LogP contribution in [0.4, 0.5) is 5.13 Å². The van der Waals surface area contributed by atoms with Crippen molar-refractivity contribution < 1.29 is 4.79 Å². The number of carbonyl (C=O) groups excluding carboxylic acids is 1. The number of anilines is 1. The molecule has 0 unspecified atom stereocenters. The van der Waals surface area contributed by atoms with Gasteiger partial charge in [-0.15, -0.1) is 0 Å². The quantitative estimate of drug-likeness (QED) is 0.596.